The summed E-state index contributed by atoms with van der Waals surface area (Å²) in [5.74, 6) is 0.0990. The molecule has 26 heavy (non-hydrogen) atoms. The van der Waals surface area contributed by atoms with Gasteiger partial charge in [0, 0.05) is 5.69 Å². The van der Waals surface area contributed by atoms with Crippen LogP contribution in [0.1, 0.15) is 11.1 Å². The third-order valence-electron chi connectivity index (χ3n) is 3.50. The molecule has 2 aromatic carbocycles. The normalized spacial score (nSPS) is 15.0. The maximum Gasteiger partial charge on any atom is 0.263 e. The van der Waals surface area contributed by atoms with Gasteiger partial charge in [-0.2, -0.15) is 0 Å². The molecule has 0 unspecified atom stereocenters. The van der Waals surface area contributed by atoms with Gasteiger partial charge in [-0.05, 0) is 42.8 Å². The van der Waals surface area contributed by atoms with Gasteiger partial charge >= 0.3 is 0 Å². The quantitative estimate of drug-likeness (QED) is 0.610. The van der Waals surface area contributed by atoms with Crippen LogP contribution < -0.4 is 15.4 Å². The lowest BCUT2D eigenvalue weighted by Crippen LogP contribution is -2.20. The Hall–Kier alpha value is -2.64. The number of hydrogen-bond donors (Lipinski definition) is 2. The van der Waals surface area contributed by atoms with Crippen molar-refractivity contribution < 1.29 is 14.3 Å². The van der Waals surface area contributed by atoms with Crippen molar-refractivity contribution in [3.63, 3.8) is 0 Å². The van der Waals surface area contributed by atoms with Crippen LogP contribution in [0.4, 0.5) is 5.69 Å². The number of nitrogens with one attached hydrogen (secondary N) is 2. The Bertz CT molecular complexity index is 892. The molecule has 1 saturated heterocycles. The Labute approximate surface area is 160 Å². The molecule has 0 aliphatic carbocycles. The van der Waals surface area contributed by atoms with Gasteiger partial charge in [-0.1, -0.05) is 53.8 Å². The van der Waals surface area contributed by atoms with Gasteiger partial charge < -0.3 is 15.4 Å². The number of amides is 2. The summed E-state index contributed by atoms with van der Waals surface area (Å²) in [6.07, 6.45) is 1.73. The number of thioether (sulfide) groups is 1. The van der Waals surface area contributed by atoms with Crippen molar-refractivity contribution >= 4 is 51.9 Å². The number of ether oxygens (including phenoxy) is 1. The predicted molar refractivity (Wildman–Crippen MR) is 108 cm³/mol. The molecule has 0 saturated carbocycles. The first-order valence-electron chi connectivity index (χ1n) is 7.84. The fourth-order valence-electron chi connectivity index (χ4n) is 2.25. The van der Waals surface area contributed by atoms with Crippen molar-refractivity contribution in [2.24, 2.45) is 0 Å². The summed E-state index contributed by atoms with van der Waals surface area (Å²) in [4.78, 5) is 24.2. The van der Waals surface area contributed by atoms with Gasteiger partial charge in [0.05, 0.1) is 4.91 Å². The summed E-state index contributed by atoms with van der Waals surface area (Å²) < 4.78 is 5.99. The number of carbonyl (C=O) groups is 2. The predicted octanol–water partition coefficient (Wildman–Crippen LogP) is 3.50. The standard InChI is InChI=1S/C19H16N2O3S2/c1-12-5-7-14(8-6-12)20-17(22)11-24-15-4-2-3-13(9-15)10-16-18(23)21-19(25)26-16/h2-10H,11H2,1H3,(H,20,22)(H,21,23,25)/b16-10-. The first-order chi connectivity index (χ1) is 12.5. The molecule has 7 heteroatoms. The summed E-state index contributed by atoms with van der Waals surface area (Å²) in [5, 5.41) is 5.35. The molecule has 1 aliphatic rings. The van der Waals surface area contributed by atoms with Crippen LogP contribution in [0, 0.1) is 6.92 Å². The van der Waals surface area contributed by atoms with Gasteiger partial charge in [0.2, 0.25) is 0 Å². The minimum atomic E-state index is -0.242. The molecule has 0 aromatic heterocycles. The molecule has 0 radical (unpaired) electrons. The van der Waals surface area contributed by atoms with Crippen LogP contribution in [0.5, 0.6) is 5.75 Å². The van der Waals surface area contributed by atoms with Gasteiger partial charge in [0.1, 0.15) is 10.1 Å². The van der Waals surface area contributed by atoms with Crippen LogP contribution in [-0.4, -0.2) is 22.7 Å². The van der Waals surface area contributed by atoms with Crippen molar-refractivity contribution in [2.45, 2.75) is 6.92 Å². The molecular weight excluding hydrogens is 368 g/mol. The van der Waals surface area contributed by atoms with Gasteiger partial charge in [-0.3, -0.25) is 9.59 Å². The molecule has 2 aromatic rings. The number of carbonyl (C=O) groups excluding carboxylic acids is 2. The minimum absolute atomic E-state index is 0.104. The van der Waals surface area contributed by atoms with E-state index in [9.17, 15) is 9.59 Å². The van der Waals surface area contributed by atoms with E-state index in [1.54, 1.807) is 24.3 Å². The van der Waals surface area contributed by atoms with E-state index in [0.29, 0.717) is 15.0 Å². The zero-order valence-corrected chi connectivity index (χ0v) is 15.6. The zero-order chi connectivity index (χ0) is 18.5. The van der Waals surface area contributed by atoms with Gasteiger partial charge in [0.25, 0.3) is 11.8 Å². The van der Waals surface area contributed by atoms with E-state index >= 15 is 0 Å². The van der Waals surface area contributed by atoms with Crippen molar-refractivity contribution in [3.8, 4) is 5.75 Å². The highest BCUT2D eigenvalue weighted by Crippen LogP contribution is 2.26. The van der Waals surface area contributed by atoms with Crippen LogP contribution in [0.2, 0.25) is 0 Å². The number of hydrogen-bond acceptors (Lipinski definition) is 5. The van der Waals surface area contributed by atoms with Crippen molar-refractivity contribution in [2.75, 3.05) is 11.9 Å². The Morgan fingerprint density at radius 1 is 1.27 bits per heavy atom. The lowest BCUT2D eigenvalue weighted by molar-refractivity contribution is -0.118. The second-order valence-corrected chi connectivity index (χ2v) is 7.35. The highest BCUT2D eigenvalue weighted by atomic mass is 32.2. The SMILES string of the molecule is Cc1ccc(NC(=O)COc2cccc(/C=C3\SC(=S)NC3=O)c2)cc1. The second-order valence-electron chi connectivity index (χ2n) is 5.63. The molecule has 1 fully saturated rings. The maximum absolute atomic E-state index is 12.0. The van der Waals surface area contributed by atoms with Crippen molar-refractivity contribution in [3.05, 3.63) is 64.6 Å². The highest BCUT2D eigenvalue weighted by molar-refractivity contribution is 8.26. The summed E-state index contributed by atoms with van der Waals surface area (Å²) in [5.41, 5.74) is 2.65. The smallest absolute Gasteiger partial charge is 0.263 e. The molecule has 2 N–H and O–H groups in total. The summed E-state index contributed by atoms with van der Waals surface area (Å²) in [7, 11) is 0. The third kappa shape index (κ3) is 4.93. The Morgan fingerprint density at radius 2 is 2.04 bits per heavy atom. The van der Waals surface area contributed by atoms with Crippen LogP contribution >= 0.6 is 24.0 Å². The molecule has 2 amide bonds. The molecule has 132 valence electrons. The second kappa shape index (κ2) is 8.16. The van der Waals surface area contributed by atoms with Crippen molar-refractivity contribution in [1.82, 2.24) is 5.32 Å². The van der Waals surface area contributed by atoms with Gasteiger partial charge in [0.15, 0.2) is 6.61 Å². The van der Waals surface area contributed by atoms with E-state index in [2.05, 4.69) is 10.6 Å². The molecule has 0 bridgehead atoms. The minimum Gasteiger partial charge on any atom is -0.484 e. The number of rotatable bonds is 5. The Balaban J connectivity index is 1.59. The average Bonchev–Trinajstić information content (AvgIpc) is 2.93. The lowest BCUT2D eigenvalue weighted by atomic mass is 10.2. The van der Waals surface area contributed by atoms with Crippen LogP contribution in [0.25, 0.3) is 6.08 Å². The first kappa shape index (κ1) is 18.2. The summed E-state index contributed by atoms with van der Waals surface area (Å²) in [6, 6.07) is 14.7. The molecule has 5 nitrogen and oxygen atoms in total. The largest absolute Gasteiger partial charge is 0.484 e. The summed E-state index contributed by atoms with van der Waals surface area (Å²) in [6.45, 7) is 1.88. The van der Waals surface area contributed by atoms with Crippen molar-refractivity contribution in [1.29, 1.82) is 0 Å². The van der Waals surface area contributed by atoms with Crippen LogP contribution in [0.3, 0.4) is 0 Å². The fourth-order valence-corrected chi connectivity index (χ4v) is 3.29. The number of aryl methyl sites for hydroxylation is 1. The summed E-state index contributed by atoms with van der Waals surface area (Å²) >= 11 is 6.19. The molecule has 1 heterocycles. The van der Waals surface area contributed by atoms with Crippen LogP contribution in [0.15, 0.2) is 53.4 Å². The number of thiocarbonyl (C=S) groups is 1. The van der Waals surface area contributed by atoms with Crippen LogP contribution in [-0.2, 0) is 9.59 Å². The average molecular weight is 384 g/mol. The van der Waals surface area contributed by atoms with E-state index in [0.717, 1.165) is 16.8 Å². The van der Waals surface area contributed by atoms with E-state index in [4.69, 9.17) is 17.0 Å². The van der Waals surface area contributed by atoms with E-state index in [-0.39, 0.29) is 18.4 Å². The first-order valence-corrected chi connectivity index (χ1v) is 9.06. The number of anilines is 1. The molecule has 0 atom stereocenters. The molecule has 3 rings (SSSR count). The Morgan fingerprint density at radius 3 is 2.73 bits per heavy atom. The fraction of sp³-hybridized carbons (Fsp3) is 0.105. The zero-order valence-electron chi connectivity index (χ0n) is 13.9. The lowest BCUT2D eigenvalue weighted by Gasteiger charge is -2.08. The Kier molecular flexibility index (Phi) is 5.70. The van der Waals surface area contributed by atoms with E-state index in [1.165, 1.54) is 11.8 Å². The van der Waals surface area contributed by atoms with E-state index < -0.39 is 0 Å². The monoisotopic (exact) mass is 384 g/mol. The topological polar surface area (TPSA) is 67.4 Å². The number of benzene rings is 2. The molecular formula is C19H16N2O3S2. The third-order valence-corrected chi connectivity index (χ3v) is 4.67. The van der Waals surface area contributed by atoms with Gasteiger partial charge in [-0.25, -0.2) is 0 Å². The molecule has 1 aliphatic heterocycles. The van der Waals surface area contributed by atoms with E-state index in [1.807, 2.05) is 37.3 Å². The highest BCUT2D eigenvalue weighted by Gasteiger charge is 2.21. The maximum atomic E-state index is 12.0. The van der Waals surface area contributed by atoms with Gasteiger partial charge in [-0.15, -0.1) is 0 Å². The molecule has 0 spiro atoms.